The van der Waals surface area contributed by atoms with Crippen LogP contribution in [-0.2, 0) is 22.5 Å². The zero-order valence-electron chi connectivity index (χ0n) is 17.7. The average molecular weight is 425 g/mol. The number of nitrogens with zero attached hydrogens (tertiary/aromatic N) is 4. The minimum Gasteiger partial charge on any atom is -0.484 e. The summed E-state index contributed by atoms with van der Waals surface area (Å²) < 4.78 is 19.4. The maximum atomic E-state index is 9.18. The van der Waals surface area contributed by atoms with Gasteiger partial charge in [0, 0.05) is 24.8 Å². The summed E-state index contributed by atoms with van der Waals surface area (Å²) in [7, 11) is 0. The van der Waals surface area contributed by atoms with E-state index in [0.29, 0.717) is 19.6 Å². The van der Waals surface area contributed by atoms with Crippen molar-refractivity contribution in [3.05, 3.63) is 47.4 Å². The fourth-order valence-electron chi connectivity index (χ4n) is 4.48. The molecule has 8 nitrogen and oxygen atoms in total. The number of aliphatic hydroxyl groups excluding tert-OH is 1. The third kappa shape index (κ3) is 4.28. The van der Waals surface area contributed by atoms with Crippen LogP contribution in [0, 0.1) is 0 Å². The summed E-state index contributed by atoms with van der Waals surface area (Å²) in [5.41, 5.74) is 4.23. The van der Waals surface area contributed by atoms with Crippen molar-refractivity contribution in [2.45, 2.75) is 57.5 Å². The van der Waals surface area contributed by atoms with E-state index in [9.17, 15) is 5.11 Å². The number of fused-ring (bicyclic) bond motifs is 3. The Morgan fingerprint density at radius 3 is 3.16 bits per heavy atom. The molecule has 2 unspecified atom stereocenters. The van der Waals surface area contributed by atoms with Crippen molar-refractivity contribution in [1.82, 2.24) is 20.0 Å². The van der Waals surface area contributed by atoms with E-state index in [1.54, 1.807) is 0 Å². The molecule has 0 spiro atoms. The molecule has 31 heavy (non-hydrogen) atoms. The molecular weight excluding hydrogens is 396 g/mol. The fourth-order valence-corrected chi connectivity index (χ4v) is 4.48. The lowest BCUT2D eigenvalue weighted by molar-refractivity contribution is -0.0198. The number of benzene rings is 1. The van der Waals surface area contributed by atoms with Crippen molar-refractivity contribution in [2.75, 3.05) is 19.8 Å². The number of ether oxygens (including phenoxy) is 3. The van der Waals surface area contributed by atoms with Gasteiger partial charge in [-0.15, -0.1) is 5.10 Å². The standard InChI is InChI=1S/C23H28N4O4/c1-15(23-13-27(26-25-23)17-5-9-30-18(10-17)4-7-28)31-19-2-3-22-21(11-19)20-6-8-29-14-16(20)12-24-22/h2-3,11-13,15,17-18,28H,4-10,14H2,1H3/t15-,17?,18?/m1/s1. The minimum atomic E-state index is -0.227. The number of hydrogen-bond acceptors (Lipinski definition) is 7. The quantitative estimate of drug-likeness (QED) is 0.650. The van der Waals surface area contributed by atoms with Crippen LogP contribution in [0.1, 0.15) is 55.2 Å². The number of pyridine rings is 1. The van der Waals surface area contributed by atoms with E-state index < -0.39 is 0 Å². The topological polar surface area (TPSA) is 91.5 Å². The van der Waals surface area contributed by atoms with Gasteiger partial charge in [-0.1, -0.05) is 5.21 Å². The van der Waals surface area contributed by atoms with Gasteiger partial charge >= 0.3 is 0 Å². The number of rotatable bonds is 6. The molecule has 0 aliphatic carbocycles. The van der Waals surface area contributed by atoms with Gasteiger partial charge in [0.15, 0.2) is 0 Å². The Balaban J connectivity index is 1.31. The van der Waals surface area contributed by atoms with Crippen LogP contribution in [0.2, 0.25) is 0 Å². The van der Waals surface area contributed by atoms with Gasteiger partial charge in [0.05, 0.1) is 37.1 Å². The van der Waals surface area contributed by atoms with Crippen LogP contribution in [0.3, 0.4) is 0 Å². The Morgan fingerprint density at radius 1 is 1.32 bits per heavy atom. The van der Waals surface area contributed by atoms with E-state index in [4.69, 9.17) is 14.2 Å². The molecule has 1 fully saturated rings. The summed E-state index contributed by atoms with van der Waals surface area (Å²) in [4.78, 5) is 4.56. The Labute approximate surface area is 181 Å². The Kier molecular flexibility index (Phi) is 5.85. The minimum absolute atomic E-state index is 0.0765. The molecule has 0 radical (unpaired) electrons. The molecule has 8 heteroatoms. The van der Waals surface area contributed by atoms with Crippen LogP contribution in [0.5, 0.6) is 5.75 Å². The van der Waals surface area contributed by atoms with Gasteiger partial charge in [0.25, 0.3) is 0 Å². The molecule has 2 aliphatic rings. The van der Waals surface area contributed by atoms with E-state index in [2.05, 4.69) is 21.4 Å². The molecule has 1 saturated heterocycles. The lowest BCUT2D eigenvalue weighted by atomic mass is 10.00. The van der Waals surface area contributed by atoms with Crippen molar-refractivity contribution in [2.24, 2.45) is 0 Å². The van der Waals surface area contributed by atoms with Crippen LogP contribution in [0.4, 0.5) is 0 Å². The molecule has 2 aliphatic heterocycles. The average Bonchev–Trinajstić information content (AvgIpc) is 3.30. The highest BCUT2D eigenvalue weighted by Crippen LogP contribution is 2.31. The summed E-state index contributed by atoms with van der Waals surface area (Å²) in [5, 5.41) is 19.0. The Bertz CT molecular complexity index is 1050. The molecule has 2 aromatic heterocycles. The maximum absolute atomic E-state index is 9.18. The SMILES string of the molecule is C[C@@H](Oc1ccc2ncc3c(c2c1)CCOC3)c1cn(C2CCOC(CCO)C2)nn1. The molecule has 0 bridgehead atoms. The highest BCUT2D eigenvalue weighted by Gasteiger charge is 2.25. The summed E-state index contributed by atoms with van der Waals surface area (Å²) in [6.45, 7) is 4.17. The van der Waals surface area contributed by atoms with Gasteiger partial charge < -0.3 is 19.3 Å². The zero-order valence-corrected chi connectivity index (χ0v) is 17.7. The predicted molar refractivity (Wildman–Crippen MR) is 114 cm³/mol. The van der Waals surface area contributed by atoms with Crippen molar-refractivity contribution >= 4 is 10.9 Å². The molecule has 164 valence electrons. The molecule has 1 N–H and O–H groups in total. The predicted octanol–water partition coefficient (Wildman–Crippen LogP) is 3.14. The van der Waals surface area contributed by atoms with Crippen molar-refractivity contribution in [3.8, 4) is 5.75 Å². The van der Waals surface area contributed by atoms with Crippen LogP contribution in [-0.4, -0.2) is 51.0 Å². The van der Waals surface area contributed by atoms with Gasteiger partial charge in [0.1, 0.15) is 17.5 Å². The van der Waals surface area contributed by atoms with E-state index in [-0.39, 0.29) is 24.9 Å². The molecule has 3 atom stereocenters. The van der Waals surface area contributed by atoms with E-state index in [1.165, 1.54) is 5.56 Å². The van der Waals surface area contributed by atoms with Crippen LogP contribution < -0.4 is 4.74 Å². The fraction of sp³-hybridized carbons (Fsp3) is 0.522. The van der Waals surface area contributed by atoms with Gasteiger partial charge in [0.2, 0.25) is 0 Å². The van der Waals surface area contributed by atoms with E-state index in [1.807, 2.05) is 36.1 Å². The molecule has 1 aromatic carbocycles. The second-order valence-electron chi connectivity index (χ2n) is 8.31. The molecule has 3 aromatic rings. The van der Waals surface area contributed by atoms with Crippen LogP contribution in [0.25, 0.3) is 10.9 Å². The molecule has 0 amide bonds. The van der Waals surface area contributed by atoms with Gasteiger partial charge in [-0.2, -0.15) is 0 Å². The largest absolute Gasteiger partial charge is 0.484 e. The number of aromatic nitrogens is 4. The summed E-state index contributed by atoms with van der Waals surface area (Å²) in [6.07, 6.45) is 7.02. The van der Waals surface area contributed by atoms with Crippen LogP contribution in [0.15, 0.2) is 30.6 Å². The van der Waals surface area contributed by atoms with Crippen molar-refractivity contribution in [1.29, 1.82) is 0 Å². The normalized spacial score (nSPS) is 22.3. The Morgan fingerprint density at radius 2 is 2.26 bits per heavy atom. The number of hydrogen-bond donors (Lipinski definition) is 1. The summed E-state index contributed by atoms with van der Waals surface area (Å²) in [6, 6.07) is 6.28. The maximum Gasteiger partial charge on any atom is 0.141 e. The first kappa shape index (κ1) is 20.4. The van der Waals surface area contributed by atoms with Gasteiger partial charge in [-0.05, 0) is 61.9 Å². The number of aliphatic hydroxyl groups is 1. The lowest BCUT2D eigenvalue weighted by Crippen LogP contribution is -2.28. The summed E-state index contributed by atoms with van der Waals surface area (Å²) >= 11 is 0. The third-order valence-corrected chi connectivity index (χ3v) is 6.22. The highest BCUT2D eigenvalue weighted by molar-refractivity contribution is 5.84. The smallest absolute Gasteiger partial charge is 0.141 e. The van der Waals surface area contributed by atoms with Crippen molar-refractivity contribution < 1.29 is 19.3 Å². The second kappa shape index (κ2) is 8.90. The summed E-state index contributed by atoms with van der Waals surface area (Å²) in [5.74, 6) is 0.797. The highest BCUT2D eigenvalue weighted by atomic mass is 16.5. The zero-order chi connectivity index (χ0) is 21.2. The first-order valence-electron chi connectivity index (χ1n) is 11.0. The molecule has 5 rings (SSSR count). The Hall–Kier alpha value is -2.55. The van der Waals surface area contributed by atoms with Gasteiger partial charge in [-0.3, -0.25) is 4.98 Å². The first-order valence-corrected chi connectivity index (χ1v) is 11.0. The molecule has 0 saturated carbocycles. The lowest BCUT2D eigenvalue weighted by Gasteiger charge is -2.29. The van der Waals surface area contributed by atoms with Crippen molar-refractivity contribution in [3.63, 3.8) is 0 Å². The monoisotopic (exact) mass is 424 g/mol. The first-order chi connectivity index (χ1) is 15.2. The van der Waals surface area contributed by atoms with E-state index >= 15 is 0 Å². The van der Waals surface area contributed by atoms with E-state index in [0.717, 1.165) is 53.8 Å². The second-order valence-corrected chi connectivity index (χ2v) is 8.31. The van der Waals surface area contributed by atoms with Gasteiger partial charge in [-0.25, -0.2) is 4.68 Å². The third-order valence-electron chi connectivity index (χ3n) is 6.22. The molecule has 4 heterocycles. The molecular formula is C23H28N4O4. The van der Waals surface area contributed by atoms with Crippen LogP contribution >= 0.6 is 0 Å².